The fraction of sp³-hybridized carbons (Fsp3) is 0.417. The molecule has 1 aliphatic heterocycles. The van der Waals surface area contributed by atoms with Crippen molar-refractivity contribution >= 4 is 16.6 Å². The van der Waals surface area contributed by atoms with Gasteiger partial charge in [-0.2, -0.15) is 5.10 Å². The zero-order chi connectivity index (χ0) is 11.0. The van der Waals surface area contributed by atoms with Crippen molar-refractivity contribution in [3.63, 3.8) is 0 Å². The molecule has 1 aliphatic rings. The molecule has 0 atom stereocenters. The molecule has 3 N–H and O–H groups in total. The highest BCUT2D eigenvalue weighted by Gasteiger charge is 2.20. The van der Waals surface area contributed by atoms with Crippen LogP contribution in [0.15, 0.2) is 18.2 Å². The summed E-state index contributed by atoms with van der Waals surface area (Å²) in [5, 5.41) is 8.62. The van der Waals surface area contributed by atoms with E-state index < -0.39 is 0 Å². The standard InChI is InChI=1S/C12H15N3O/c13-9-1-2-11-10(7-9)12(15-14-11)8-3-5-16-6-4-8/h1-2,7-8H,3-6,13H2,(H,14,15). The number of rotatable bonds is 1. The second-order valence-corrected chi connectivity index (χ2v) is 4.30. The zero-order valence-electron chi connectivity index (χ0n) is 9.07. The molecule has 0 unspecified atom stereocenters. The van der Waals surface area contributed by atoms with Crippen LogP contribution >= 0.6 is 0 Å². The maximum absolute atomic E-state index is 5.82. The van der Waals surface area contributed by atoms with Gasteiger partial charge in [0.25, 0.3) is 0 Å². The van der Waals surface area contributed by atoms with Crippen molar-refractivity contribution in [3.05, 3.63) is 23.9 Å². The highest BCUT2D eigenvalue weighted by atomic mass is 16.5. The Labute approximate surface area is 93.8 Å². The molecule has 0 radical (unpaired) electrons. The molecular formula is C12H15N3O. The molecule has 0 bridgehead atoms. The zero-order valence-corrected chi connectivity index (χ0v) is 9.07. The smallest absolute Gasteiger partial charge is 0.0925 e. The van der Waals surface area contributed by atoms with E-state index in [1.165, 1.54) is 5.69 Å². The molecule has 3 rings (SSSR count). The first kappa shape index (κ1) is 9.66. The average Bonchev–Trinajstić information content (AvgIpc) is 2.73. The Kier molecular flexibility index (Phi) is 2.29. The predicted molar refractivity (Wildman–Crippen MR) is 63.3 cm³/mol. The van der Waals surface area contributed by atoms with Gasteiger partial charge in [-0.05, 0) is 31.0 Å². The molecule has 0 saturated carbocycles. The summed E-state index contributed by atoms with van der Waals surface area (Å²) in [5.74, 6) is 0.528. The number of aromatic amines is 1. The van der Waals surface area contributed by atoms with Crippen molar-refractivity contribution in [3.8, 4) is 0 Å². The van der Waals surface area contributed by atoms with Crippen LogP contribution in [0.4, 0.5) is 5.69 Å². The molecule has 1 fully saturated rings. The summed E-state index contributed by atoms with van der Waals surface area (Å²) < 4.78 is 5.37. The Bertz CT molecular complexity index is 500. The third-order valence-electron chi connectivity index (χ3n) is 3.24. The van der Waals surface area contributed by atoms with E-state index >= 15 is 0 Å². The van der Waals surface area contributed by atoms with Gasteiger partial charge in [-0.1, -0.05) is 0 Å². The lowest BCUT2D eigenvalue weighted by Gasteiger charge is -2.21. The molecule has 84 valence electrons. The molecule has 0 amide bonds. The highest BCUT2D eigenvalue weighted by Crippen LogP contribution is 2.31. The fourth-order valence-electron chi connectivity index (χ4n) is 2.35. The van der Waals surface area contributed by atoms with Crippen molar-refractivity contribution < 1.29 is 4.74 Å². The third-order valence-corrected chi connectivity index (χ3v) is 3.24. The molecule has 4 heteroatoms. The van der Waals surface area contributed by atoms with Gasteiger partial charge in [0.05, 0.1) is 5.52 Å². The second kappa shape index (κ2) is 3.79. The van der Waals surface area contributed by atoms with Crippen LogP contribution in [0, 0.1) is 0 Å². The summed E-state index contributed by atoms with van der Waals surface area (Å²) in [7, 11) is 0. The molecular weight excluding hydrogens is 202 g/mol. The van der Waals surface area contributed by atoms with Crippen LogP contribution in [0.2, 0.25) is 0 Å². The minimum Gasteiger partial charge on any atom is -0.399 e. The summed E-state index contributed by atoms with van der Waals surface area (Å²) in [6, 6.07) is 5.85. The van der Waals surface area contributed by atoms with Gasteiger partial charge < -0.3 is 10.5 Å². The number of nitrogens with one attached hydrogen (secondary N) is 1. The molecule has 1 aromatic heterocycles. The fourth-order valence-corrected chi connectivity index (χ4v) is 2.35. The quantitative estimate of drug-likeness (QED) is 0.718. The highest BCUT2D eigenvalue weighted by molar-refractivity contribution is 5.84. The molecule has 1 saturated heterocycles. The van der Waals surface area contributed by atoms with Gasteiger partial charge >= 0.3 is 0 Å². The van der Waals surface area contributed by atoms with Crippen molar-refractivity contribution in [2.75, 3.05) is 18.9 Å². The number of aromatic nitrogens is 2. The van der Waals surface area contributed by atoms with E-state index in [1.807, 2.05) is 18.2 Å². The van der Waals surface area contributed by atoms with E-state index in [4.69, 9.17) is 10.5 Å². The Hall–Kier alpha value is -1.55. The first-order valence-corrected chi connectivity index (χ1v) is 5.66. The van der Waals surface area contributed by atoms with Crippen LogP contribution in [-0.2, 0) is 4.74 Å². The SMILES string of the molecule is Nc1ccc2n[nH]c(C3CCOCC3)c2c1. The van der Waals surface area contributed by atoms with Crippen LogP contribution < -0.4 is 5.73 Å². The number of nitrogens with two attached hydrogens (primary N) is 1. The van der Waals surface area contributed by atoms with Gasteiger partial charge in [-0.25, -0.2) is 0 Å². The number of nitrogen functional groups attached to an aromatic ring is 1. The second-order valence-electron chi connectivity index (χ2n) is 4.30. The van der Waals surface area contributed by atoms with E-state index in [0.29, 0.717) is 5.92 Å². The number of benzene rings is 1. The number of ether oxygens (including phenoxy) is 1. The Morgan fingerprint density at radius 2 is 2.12 bits per heavy atom. The third kappa shape index (κ3) is 1.55. The van der Waals surface area contributed by atoms with Crippen LogP contribution in [-0.4, -0.2) is 23.4 Å². The minimum absolute atomic E-state index is 0.528. The minimum atomic E-state index is 0.528. The molecule has 4 nitrogen and oxygen atoms in total. The van der Waals surface area contributed by atoms with Crippen molar-refractivity contribution in [1.82, 2.24) is 10.2 Å². The molecule has 0 aliphatic carbocycles. The van der Waals surface area contributed by atoms with Crippen molar-refractivity contribution in [2.45, 2.75) is 18.8 Å². The van der Waals surface area contributed by atoms with E-state index in [1.54, 1.807) is 0 Å². The van der Waals surface area contributed by atoms with Gasteiger partial charge in [0.2, 0.25) is 0 Å². The molecule has 16 heavy (non-hydrogen) atoms. The Morgan fingerprint density at radius 3 is 2.94 bits per heavy atom. The summed E-state index contributed by atoms with van der Waals surface area (Å²) in [6.45, 7) is 1.68. The van der Waals surface area contributed by atoms with E-state index in [9.17, 15) is 0 Å². The lowest BCUT2D eigenvalue weighted by atomic mass is 9.94. The monoisotopic (exact) mass is 217 g/mol. The number of hydrogen-bond donors (Lipinski definition) is 2. The number of fused-ring (bicyclic) bond motifs is 1. The van der Waals surface area contributed by atoms with E-state index in [-0.39, 0.29) is 0 Å². The number of hydrogen-bond acceptors (Lipinski definition) is 3. The number of nitrogens with zero attached hydrogens (tertiary/aromatic N) is 1. The molecule has 2 aromatic rings. The van der Waals surface area contributed by atoms with Crippen LogP contribution in [0.25, 0.3) is 10.9 Å². The summed E-state index contributed by atoms with van der Waals surface area (Å²) in [5.41, 5.74) is 8.82. The lowest BCUT2D eigenvalue weighted by molar-refractivity contribution is 0.0847. The topological polar surface area (TPSA) is 63.9 Å². The molecule has 0 spiro atoms. The van der Waals surface area contributed by atoms with E-state index in [0.717, 1.165) is 42.6 Å². The van der Waals surface area contributed by atoms with Gasteiger partial charge in [0, 0.05) is 35.9 Å². The maximum atomic E-state index is 5.82. The maximum Gasteiger partial charge on any atom is 0.0925 e. The van der Waals surface area contributed by atoms with Gasteiger partial charge in [0.1, 0.15) is 0 Å². The Balaban J connectivity index is 2.05. The normalized spacial score (nSPS) is 18.0. The first-order valence-electron chi connectivity index (χ1n) is 5.66. The van der Waals surface area contributed by atoms with Crippen LogP contribution in [0.3, 0.4) is 0 Å². The van der Waals surface area contributed by atoms with Gasteiger partial charge in [-0.3, -0.25) is 5.10 Å². The first-order chi connectivity index (χ1) is 7.84. The van der Waals surface area contributed by atoms with Gasteiger partial charge in [0.15, 0.2) is 0 Å². The number of anilines is 1. The summed E-state index contributed by atoms with van der Waals surface area (Å²) in [6.07, 6.45) is 2.12. The van der Waals surface area contributed by atoms with Gasteiger partial charge in [-0.15, -0.1) is 0 Å². The number of H-pyrrole nitrogens is 1. The predicted octanol–water partition coefficient (Wildman–Crippen LogP) is 2.04. The van der Waals surface area contributed by atoms with Crippen LogP contribution in [0.1, 0.15) is 24.5 Å². The average molecular weight is 217 g/mol. The summed E-state index contributed by atoms with van der Waals surface area (Å²) >= 11 is 0. The Morgan fingerprint density at radius 1 is 1.31 bits per heavy atom. The summed E-state index contributed by atoms with van der Waals surface area (Å²) in [4.78, 5) is 0. The molecule has 1 aromatic carbocycles. The molecule has 2 heterocycles. The van der Waals surface area contributed by atoms with E-state index in [2.05, 4.69) is 10.2 Å². The van der Waals surface area contributed by atoms with Crippen LogP contribution in [0.5, 0.6) is 0 Å². The largest absolute Gasteiger partial charge is 0.399 e. The lowest BCUT2D eigenvalue weighted by Crippen LogP contribution is -2.14. The van der Waals surface area contributed by atoms with Crippen molar-refractivity contribution in [2.24, 2.45) is 0 Å². The van der Waals surface area contributed by atoms with Crippen molar-refractivity contribution in [1.29, 1.82) is 0 Å².